The smallest absolute Gasteiger partial charge is 0.0777 e. The number of nitrogens with zero attached hydrogens (tertiary/aromatic N) is 3. The van der Waals surface area contributed by atoms with Crippen molar-refractivity contribution >= 4 is 11.0 Å². The van der Waals surface area contributed by atoms with Crippen LogP contribution in [0.1, 0.15) is 60.9 Å². The van der Waals surface area contributed by atoms with Gasteiger partial charge in [-0.1, -0.05) is 43.7 Å². The first-order valence-corrected chi connectivity index (χ1v) is 15.3. The molecule has 2 aromatic heterocycles. The fourth-order valence-electron chi connectivity index (χ4n) is 7.58. The number of hydrogen-bond acceptors (Lipinski definition) is 2. The van der Waals surface area contributed by atoms with Crippen molar-refractivity contribution in [2.75, 3.05) is 0 Å². The maximum absolute atomic E-state index is 5.19. The zero-order valence-electron chi connectivity index (χ0n) is 26.0. The fourth-order valence-corrected chi connectivity index (χ4v) is 7.58. The molecule has 4 heteroatoms. The number of benzene rings is 4. The van der Waals surface area contributed by atoms with Gasteiger partial charge in [0, 0.05) is 32.0 Å². The second-order valence-corrected chi connectivity index (χ2v) is 12.9. The summed E-state index contributed by atoms with van der Waals surface area (Å²) in [5.74, 6) is 0.981. The number of aryl methyl sites for hydroxylation is 3. The van der Waals surface area contributed by atoms with Gasteiger partial charge in [-0.05, 0) is 97.0 Å². The summed E-state index contributed by atoms with van der Waals surface area (Å²) in [4.78, 5) is 9.51. The minimum Gasteiger partial charge on any atom is -0.333 e. The molecule has 2 aliphatic carbocycles. The molecule has 3 nitrogen and oxygen atoms in total. The Balaban J connectivity index is 0.000000207. The second-order valence-electron chi connectivity index (χ2n) is 12.9. The fraction of sp³-hybridized carbons (Fsp3) is 0.250. The van der Waals surface area contributed by atoms with Crippen molar-refractivity contribution in [2.45, 2.75) is 64.7 Å². The third-order valence-corrected chi connectivity index (χ3v) is 9.69. The number of rotatable bonds is 3. The molecule has 0 N–H and O–H groups in total. The van der Waals surface area contributed by atoms with Gasteiger partial charge >= 0.3 is 0 Å². The quantitative estimate of drug-likeness (QED) is 0.169. The van der Waals surface area contributed by atoms with Crippen LogP contribution in [0.2, 0.25) is 0 Å². The SMILES string of the molecule is Cc1cccc(C)c1-n1c(-c2[c-]cccc2)nc2cc3c(cc21)C1(C)CCC3(C)C1.Cc1cccnc1-c1[c-]cccc1.[Ir]. The number of pyridine rings is 1. The first-order valence-electron chi connectivity index (χ1n) is 15.3. The molecule has 1 radical (unpaired) electrons. The Morgan fingerprint density at radius 3 is 1.93 bits per heavy atom. The van der Waals surface area contributed by atoms with Gasteiger partial charge in [0.05, 0.1) is 16.9 Å². The zero-order chi connectivity index (χ0) is 29.8. The van der Waals surface area contributed by atoms with Crippen LogP contribution in [-0.2, 0) is 30.9 Å². The van der Waals surface area contributed by atoms with Gasteiger partial charge in [0.1, 0.15) is 0 Å². The zero-order valence-corrected chi connectivity index (χ0v) is 28.4. The van der Waals surface area contributed by atoms with Crippen LogP contribution < -0.4 is 0 Å². The van der Waals surface area contributed by atoms with Gasteiger partial charge in [0.2, 0.25) is 0 Å². The van der Waals surface area contributed by atoms with Gasteiger partial charge < -0.3 is 9.55 Å². The van der Waals surface area contributed by atoms with Crippen LogP contribution in [-0.4, -0.2) is 14.5 Å². The van der Waals surface area contributed by atoms with Crippen molar-refractivity contribution in [1.29, 1.82) is 0 Å². The molecule has 4 aromatic carbocycles. The van der Waals surface area contributed by atoms with E-state index in [1.807, 2.05) is 48.7 Å². The predicted octanol–water partition coefficient (Wildman–Crippen LogP) is 9.68. The maximum atomic E-state index is 5.19. The third kappa shape index (κ3) is 5.05. The van der Waals surface area contributed by atoms with Crippen molar-refractivity contribution in [1.82, 2.24) is 14.5 Å². The molecule has 0 saturated heterocycles. The molecule has 1 saturated carbocycles. The molecular formula is C40H37IrN3-2. The Morgan fingerprint density at radius 2 is 1.32 bits per heavy atom. The van der Waals surface area contributed by atoms with E-state index in [0.717, 1.165) is 28.2 Å². The first kappa shape index (κ1) is 30.2. The number of hydrogen-bond donors (Lipinski definition) is 0. The molecule has 2 unspecified atom stereocenters. The Bertz CT molecular complexity index is 1940. The van der Waals surface area contributed by atoms with E-state index in [1.165, 1.54) is 52.7 Å². The average Bonchev–Trinajstić information content (AvgIpc) is 3.62. The van der Waals surface area contributed by atoms with Crippen molar-refractivity contribution in [3.8, 4) is 28.3 Å². The number of fused-ring (bicyclic) bond motifs is 6. The predicted molar refractivity (Wildman–Crippen MR) is 177 cm³/mol. The average molecular weight is 752 g/mol. The van der Waals surface area contributed by atoms with Gasteiger partial charge in [-0.25, -0.2) is 0 Å². The molecule has 1 fully saturated rings. The van der Waals surface area contributed by atoms with Crippen LogP contribution in [0.4, 0.5) is 0 Å². The Morgan fingerprint density at radius 1 is 0.705 bits per heavy atom. The Hall–Kier alpha value is -3.85. The van der Waals surface area contributed by atoms with Gasteiger partial charge in [0.15, 0.2) is 0 Å². The van der Waals surface area contributed by atoms with E-state index in [2.05, 4.69) is 105 Å². The molecule has 2 aliphatic rings. The standard InChI is InChI=1S/C28H27N2.C12H10N.Ir/c1-18-9-8-10-19(2)25(18)30-24-16-22-21(27(3)13-14-28(22,4)17-27)15-23(24)29-26(30)20-11-6-5-7-12-20;1-10-6-5-9-13-12(10)11-7-3-2-4-8-11;/h5-11,15-16H,13-14,17H2,1-4H3;2-7,9H,1H3;/q2*-1;. The van der Waals surface area contributed by atoms with Crippen LogP contribution in [0.5, 0.6) is 0 Å². The largest absolute Gasteiger partial charge is 0.333 e. The summed E-state index contributed by atoms with van der Waals surface area (Å²) in [6, 6.07) is 38.0. The summed E-state index contributed by atoms with van der Waals surface area (Å²) in [6.45, 7) is 11.4. The minimum absolute atomic E-state index is 0. The van der Waals surface area contributed by atoms with E-state index in [4.69, 9.17) is 4.98 Å². The van der Waals surface area contributed by atoms with Gasteiger partial charge in [-0.2, -0.15) is 0 Å². The van der Waals surface area contributed by atoms with Gasteiger partial charge in [0.25, 0.3) is 0 Å². The summed E-state index contributed by atoms with van der Waals surface area (Å²) in [7, 11) is 0. The topological polar surface area (TPSA) is 30.7 Å². The van der Waals surface area contributed by atoms with E-state index in [9.17, 15) is 0 Å². The molecule has 0 amide bonds. The van der Waals surface area contributed by atoms with E-state index in [1.54, 1.807) is 5.56 Å². The van der Waals surface area contributed by atoms with Crippen molar-refractivity contribution in [3.63, 3.8) is 0 Å². The molecule has 2 atom stereocenters. The van der Waals surface area contributed by atoms with E-state index < -0.39 is 0 Å². The van der Waals surface area contributed by atoms with Gasteiger partial charge in [-0.3, -0.25) is 4.98 Å². The molecule has 8 rings (SSSR count). The summed E-state index contributed by atoms with van der Waals surface area (Å²) < 4.78 is 2.38. The van der Waals surface area contributed by atoms with Gasteiger partial charge in [-0.15, -0.1) is 71.8 Å². The molecule has 0 aliphatic heterocycles. The summed E-state index contributed by atoms with van der Waals surface area (Å²) in [5.41, 5.74) is 14.1. The Labute approximate surface area is 274 Å². The maximum Gasteiger partial charge on any atom is 0.0777 e. The van der Waals surface area contributed by atoms with Crippen LogP contribution in [0.3, 0.4) is 0 Å². The normalized spacial score (nSPS) is 19.7. The summed E-state index contributed by atoms with van der Waals surface area (Å²) in [5, 5.41) is 0. The van der Waals surface area contributed by atoms with Crippen LogP contribution in [0, 0.1) is 32.9 Å². The first-order chi connectivity index (χ1) is 20.8. The van der Waals surface area contributed by atoms with Crippen LogP contribution >= 0.6 is 0 Å². The number of para-hydroxylation sites is 1. The minimum atomic E-state index is 0. The van der Waals surface area contributed by atoms with Crippen molar-refractivity contribution in [2.24, 2.45) is 0 Å². The number of imidazole rings is 1. The van der Waals surface area contributed by atoms with Crippen molar-refractivity contribution in [3.05, 3.63) is 137 Å². The van der Waals surface area contributed by atoms with Crippen LogP contribution in [0.25, 0.3) is 39.4 Å². The van der Waals surface area contributed by atoms with E-state index >= 15 is 0 Å². The van der Waals surface area contributed by atoms with E-state index in [0.29, 0.717) is 10.8 Å². The number of aromatic nitrogens is 3. The van der Waals surface area contributed by atoms with Crippen LogP contribution in [0.15, 0.2) is 97.2 Å². The molecule has 44 heavy (non-hydrogen) atoms. The molecule has 0 spiro atoms. The molecule has 223 valence electrons. The summed E-state index contributed by atoms with van der Waals surface area (Å²) in [6.07, 6.45) is 5.66. The molecular weight excluding hydrogens is 715 g/mol. The van der Waals surface area contributed by atoms with Crippen molar-refractivity contribution < 1.29 is 20.1 Å². The van der Waals surface area contributed by atoms with E-state index in [-0.39, 0.29) is 20.1 Å². The summed E-state index contributed by atoms with van der Waals surface area (Å²) >= 11 is 0. The molecule has 6 aromatic rings. The molecule has 2 heterocycles. The third-order valence-electron chi connectivity index (χ3n) is 9.69. The molecule has 2 bridgehead atoms. The second kappa shape index (κ2) is 11.6. The Kier molecular flexibility index (Phi) is 7.94. The monoisotopic (exact) mass is 752 g/mol.